The number of likely N-dealkylation sites (tertiary alicyclic amines) is 4. The van der Waals surface area contributed by atoms with Crippen LogP contribution in [-0.2, 0) is 40.5 Å². The molecule has 14 rings (SSSR count). The predicted octanol–water partition coefficient (Wildman–Crippen LogP) is 12.7. The number of nitrogens with zero attached hydrogens (tertiary/aromatic N) is 15. The number of hydrogen-bond acceptors (Lipinski definition) is 21. The lowest BCUT2D eigenvalue weighted by atomic mass is 9.97. The summed E-state index contributed by atoms with van der Waals surface area (Å²) in [6.07, 6.45) is 9.65. The summed E-state index contributed by atoms with van der Waals surface area (Å²) in [7, 11) is 6.31. The van der Waals surface area contributed by atoms with Gasteiger partial charge in [0.05, 0.1) is 102 Å². The molecule has 4 fully saturated rings. The maximum atomic E-state index is 13.6. The van der Waals surface area contributed by atoms with Crippen LogP contribution in [0.3, 0.4) is 0 Å². The number of pyridine rings is 6. The number of benzene rings is 2. The number of aromatic nitrogens is 10. The summed E-state index contributed by atoms with van der Waals surface area (Å²) in [6, 6.07) is 26.6. The van der Waals surface area contributed by atoms with E-state index in [9.17, 15) is 24.6 Å². The topological polar surface area (TPSA) is 278 Å². The van der Waals surface area contributed by atoms with Crippen molar-refractivity contribution in [1.29, 1.82) is 0 Å². The standard InChI is InChI=1S/C42H48Cl2N8O6.C37H40Cl2N8O4/c1-25(53)50-17-14-28(15-18-50)51(40(54)58-41(2,3)4)20-26-11-12-32(46-39(26)57-7)31-10-8-9-29(35(31)43)30-13-16-45-37(36(30)44)27-19-33(56-6)38-47-34(48-52(38)21-27)22-49-23-42(5,55)24-49;1-22(48)46-14-11-25(12-15-46)41-17-23-8-9-29(42-36(23)51-4)28-7-5-6-26(32(28)38)27-10-13-40-34(33(27)39)24-16-30(50-3)35-43-31(44-47(35)18-24)19-45-20-37(2,49)21-45/h8-13,16,19,21,28,55H,14-15,17-18,20,22-24H2,1-7H3;5-10,13,16,18,25,41,49H,11-12,14-15,17,19-21H2,1-4H3. The minimum atomic E-state index is -0.696. The Hall–Kier alpha value is -9.35. The summed E-state index contributed by atoms with van der Waals surface area (Å²) in [4.78, 5) is 75.2. The molecule has 26 nitrogen and oxygen atoms in total. The van der Waals surface area contributed by atoms with E-state index in [4.69, 9.17) is 85.2 Å². The van der Waals surface area contributed by atoms with Crippen molar-refractivity contribution in [2.75, 3.05) is 80.8 Å². The number of ether oxygens (including phenoxy) is 5. The zero-order valence-electron chi connectivity index (χ0n) is 62.7. The molecule has 12 heterocycles. The molecule has 0 bridgehead atoms. The van der Waals surface area contributed by atoms with Crippen LogP contribution in [0.2, 0.25) is 20.1 Å². The first-order chi connectivity index (χ1) is 52.1. The zero-order valence-corrected chi connectivity index (χ0v) is 65.8. The van der Waals surface area contributed by atoms with Crippen molar-refractivity contribution in [2.24, 2.45) is 0 Å². The van der Waals surface area contributed by atoms with Crippen LogP contribution in [0.4, 0.5) is 4.79 Å². The molecule has 30 heteroatoms. The predicted molar refractivity (Wildman–Crippen MR) is 417 cm³/mol. The maximum absolute atomic E-state index is 13.6. The summed E-state index contributed by atoms with van der Waals surface area (Å²) >= 11 is 28.6. The van der Waals surface area contributed by atoms with E-state index in [1.807, 2.05) is 137 Å². The molecule has 8 aromatic heterocycles. The number of halogens is 4. The first-order valence-corrected chi connectivity index (χ1v) is 37.5. The fourth-order valence-electron chi connectivity index (χ4n) is 14.6. The lowest BCUT2D eigenvalue weighted by Gasteiger charge is -2.43. The van der Waals surface area contributed by atoms with Crippen LogP contribution in [0.15, 0.2) is 110 Å². The Morgan fingerprint density at radius 2 is 0.982 bits per heavy atom. The highest BCUT2D eigenvalue weighted by Gasteiger charge is 2.39. The van der Waals surface area contributed by atoms with Gasteiger partial charge in [-0.2, -0.15) is 0 Å². The number of nitrogens with one attached hydrogen (secondary N) is 1. The number of aliphatic hydroxyl groups is 2. The maximum Gasteiger partial charge on any atom is 0.410 e. The molecule has 572 valence electrons. The molecule has 0 radical (unpaired) electrons. The van der Waals surface area contributed by atoms with Gasteiger partial charge in [0.15, 0.2) is 34.4 Å². The van der Waals surface area contributed by atoms with Crippen molar-refractivity contribution in [3.63, 3.8) is 0 Å². The molecule has 3 N–H and O–H groups in total. The zero-order chi connectivity index (χ0) is 77.4. The Labute approximate surface area is 652 Å². The van der Waals surface area contributed by atoms with Crippen molar-refractivity contribution in [3.05, 3.63) is 153 Å². The molecule has 10 aromatic rings. The summed E-state index contributed by atoms with van der Waals surface area (Å²) < 4.78 is 32.1. The Balaban J connectivity index is 0.000000193. The molecule has 0 saturated carbocycles. The molecule has 0 atom stereocenters. The van der Waals surface area contributed by atoms with E-state index in [0.717, 1.165) is 42.6 Å². The summed E-state index contributed by atoms with van der Waals surface area (Å²) in [6.45, 7) is 19.0. The van der Waals surface area contributed by atoms with Gasteiger partial charge in [0.25, 0.3) is 0 Å². The minimum Gasteiger partial charge on any atom is -0.493 e. The van der Waals surface area contributed by atoms with E-state index in [2.05, 4.69) is 40.2 Å². The van der Waals surface area contributed by atoms with Gasteiger partial charge >= 0.3 is 6.09 Å². The normalized spacial score (nSPS) is 16.1. The van der Waals surface area contributed by atoms with Crippen molar-refractivity contribution >= 4 is 75.6 Å². The van der Waals surface area contributed by atoms with Crippen LogP contribution >= 0.6 is 46.4 Å². The van der Waals surface area contributed by atoms with Crippen LogP contribution in [-0.4, -0.2) is 211 Å². The van der Waals surface area contributed by atoms with Crippen molar-refractivity contribution in [2.45, 2.75) is 129 Å². The fraction of sp³-hybridized carbons (Fsp3) is 0.405. The molecule has 0 unspecified atom stereocenters. The van der Waals surface area contributed by atoms with Gasteiger partial charge in [0.2, 0.25) is 23.6 Å². The minimum absolute atomic E-state index is 0.0218. The molecule has 4 aliphatic rings. The van der Waals surface area contributed by atoms with Crippen LogP contribution in [0, 0.1) is 0 Å². The van der Waals surface area contributed by atoms with Crippen LogP contribution < -0.4 is 24.3 Å². The highest BCUT2D eigenvalue weighted by molar-refractivity contribution is 6.40. The van der Waals surface area contributed by atoms with Gasteiger partial charge in [0, 0.05) is 165 Å². The number of fused-ring (bicyclic) bond motifs is 2. The number of amides is 3. The molecular weight excluding hydrogens is 1470 g/mol. The number of rotatable bonds is 20. The molecule has 4 saturated heterocycles. The van der Waals surface area contributed by atoms with Gasteiger partial charge < -0.3 is 53.9 Å². The first kappa shape index (κ1) is 77.8. The second-order valence-electron chi connectivity index (χ2n) is 29.6. The van der Waals surface area contributed by atoms with E-state index in [-0.39, 0.29) is 24.4 Å². The lowest BCUT2D eigenvalue weighted by Crippen LogP contribution is -2.59. The smallest absolute Gasteiger partial charge is 0.410 e. The SMILES string of the molecule is COc1nc(-c2cccc(-c3ccnc(-c4cc(OC)c5nc(CN6CC(C)(O)C6)nn5c4)c3Cl)c2Cl)ccc1CN(C(=O)OC(C)(C)C)C1CCN(C(C)=O)CC1.COc1nc(-c2cccc(-c3ccnc(-c4cc(OC)c5nc(CN6CC(C)(O)C6)nn5c4)c3Cl)c2Cl)ccc1CNC1CCN(C(C)=O)CC1. The van der Waals surface area contributed by atoms with E-state index in [1.165, 1.54) is 0 Å². The number of carbonyl (C=O) groups excluding carboxylic acids is 3. The lowest BCUT2D eigenvalue weighted by molar-refractivity contribution is -0.131. The van der Waals surface area contributed by atoms with Crippen LogP contribution in [0.1, 0.15) is 96.9 Å². The quantitative estimate of drug-likeness (QED) is 0.0639. The van der Waals surface area contributed by atoms with Crippen LogP contribution in [0.5, 0.6) is 23.3 Å². The van der Waals surface area contributed by atoms with Gasteiger partial charge in [0.1, 0.15) is 5.60 Å². The summed E-state index contributed by atoms with van der Waals surface area (Å²) in [5.74, 6) is 3.27. The van der Waals surface area contributed by atoms with Crippen LogP contribution in [0.25, 0.3) is 78.6 Å². The van der Waals surface area contributed by atoms with Gasteiger partial charge in [-0.25, -0.2) is 33.8 Å². The van der Waals surface area contributed by atoms with E-state index >= 15 is 0 Å². The fourth-order valence-corrected chi connectivity index (χ4v) is 15.9. The number of hydrogen-bond donors (Lipinski definition) is 3. The average Bonchev–Trinajstić information content (AvgIpc) is 1.71. The molecule has 109 heavy (non-hydrogen) atoms. The molecule has 4 aliphatic heterocycles. The number of β-amino-alcohol motifs (C(OH)–C–C–N with tert-alkyl or cyclic N) is 2. The Bertz CT molecular complexity index is 5060. The second-order valence-corrected chi connectivity index (χ2v) is 31.1. The third-order valence-corrected chi connectivity index (χ3v) is 21.5. The second kappa shape index (κ2) is 32.3. The number of piperidine rings is 2. The van der Waals surface area contributed by atoms with E-state index < -0.39 is 22.9 Å². The number of carbonyl (C=O) groups is 3. The molecule has 3 amide bonds. The largest absolute Gasteiger partial charge is 0.493 e. The van der Waals surface area contributed by atoms with Gasteiger partial charge in [-0.15, -0.1) is 10.2 Å². The van der Waals surface area contributed by atoms with Gasteiger partial charge in [-0.05, 0) is 103 Å². The highest BCUT2D eigenvalue weighted by Crippen LogP contribution is 2.45. The third kappa shape index (κ3) is 17.3. The first-order valence-electron chi connectivity index (χ1n) is 36.0. The van der Waals surface area contributed by atoms with Crippen molar-refractivity contribution < 1.29 is 48.3 Å². The highest BCUT2D eigenvalue weighted by atomic mass is 35.5. The Kier molecular flexibility index (Phi) is 23.1. The summed E-state index contributed by atoms with van der Waals surface area (Å²) in [5.41, 5.74) is 8.49. The van der Waals surface area contributed by atoms with Crippen molar-refractivity contribution in [3.8, 4) is 90.5 Å². The monoisotopic (exact) mass is 1560 g/mol. The van der Waals surface area contributed by atoms with Crippen molar-refractivity contribution in [1.82, 2.24) is 78.9 Å². The Morgan fingerprint density at radius 3 is 1.40 bits per heavy atom. The van der Waals surface area contributed by atoms with E-state index in [1.54, 1.807) is 73.5 Å². The van der Waals surface area contributed by atoms with Gasteiger partial charge in [-0.1, -0.05) is 88.9 Å². The van der Waals surface area contributed by atoms with Gasteiger partial charge in [-0.3, -0.25) is 29.4 Å². The van der Waals surface area contributed by atoms with E-state index in [0.29, 0.717) is 206 Å². The average molecular weight is 1560 g/mol. The molecule has 0 aliphatic carbocycles. The summed E-state index contributed by atoms with van der Waals surface area (Å²) in [5, 5.41) is 35.0. The molecule has 0 spiro atoms. The number of methoxy groups -OCH3 is 4. The molecule has 2 aromatic carbocycles. The molecular formula is C79H88Cl4N16O10. The third-order valence-electron chi connectivity index (χ3n) is 19.9. The Morgan fingerprint density at radius 1 is 0.560 bits per heavy atom.